The normalized spacial score (nSPS) is 7.80. The molecule has 2 heteroatoms. The van der Waals surface area contributed by atoms with Gasteiger partial charge in [0.25, 0.3) is 0 Å². The molecule has 0 aliphatic rings. The topological polar surface area (TPSA) is 0 Å². The molecule has 0 nitrogen and oxygen atoms in total. The lowest BCUT2D eigenvalue weighted by Crippen LogP contribution is -1.63. The molecule has 0 unspecified atom stereocenters. The molecule has 0 aliphatic heterocycles. The lowest BCUT2D eigenvalue weighted by molar-refractivity contribution is 1.52. The first-order chi connectivity index (χ1) is 4.91. The smallest absolute Gasteiger partial charge is 0.0359 e. The fraction of sp³-hybridized carbons (Fsp3) is 0.250. The molecule has 1 rings (SSSR count). The first-order valence-electron chi connectivity index (χ1n) is 3.03. The molecule has 0 heterocycles. The van der Waals surface area contributed by atoms with Crippen molar-refractivity contribution in [2.45, 2.75) is 0 Å². The van der Waals surface area contributed by atoms with Crippen molar-refractivity contribution in [1.82, 2.24) is 0 Å². The van der Waals surface area contributed by atoms with Crippen LogP contribution in [0.3, 0.4) is 0 Å². The Balaban J connectivity index is 0.000000180. The van der Waals surface area contributed by atoms with E-state index in [2.05, 4.69) is 0 Å². The van der Waals surface area contributed by atoms with Crippen LogP contribution in [0.2, 0.25) is 0 Å². The summed E-state index contributed by atoms with van der Waals surface area (Å²) in [5.41, 5.74) is 0. The highest BCUT2D eigenvalue weighted by atomic mass is 35.5. The highest BCUT2D eigenvalue weighted by molar-refractivity contribution is 6.25. The van der Waals surface area contributed by atoms with E-state index in [4.69, 9.17) is 23.2 Å². The van der Waals surface area contributed by atoms with Crippen molar-refractivity contribution in [2.75, 3.05) is 11.8 Å². The Morgan fingerprint density at radius 3 is 0.900 bits per heavy atom. The molecule has 0 saturated heterocycles. The number of alkyl halides is 2. The second-order valence-electron chi connectivity index (χ2n) is 1.53. The molecule has 56 valence electrons. The molecule has 0 radical (unpaired) electrons. The van der Waals surface area contributed by atoms with Gasteiger partial charge in [0.05, 0.1) is 0 Å². The van der Waals surface area contributed by atoms with Crippen LogP contribution in [0.15, 0.2) is 36.4 Å². The molecular weight excluding hydrogens is 167 g/mol. The summed E-state index contributed by atoms with van der Waals surface area (Å²) in [7, 11) is 0. The van der Waals surface area contributed by atoms with E-state index >= 15 is 0 Å². The monoisotopic (exact) mass is 176 g/mol. The van der Waals surface area contributed by atoms with Gasteiger partial charge >= 0.3 is 0 Å². The van der Waals surface area contributed by atoms with Crippen LogP contribution in [-0.2, 0) is 0 Å². The molecule has 0 saturated carbocycles. The van der Waals surface area contributed by atoms with Gasteiger partial charge in [0.1, 0.15) is 0 Å². The Morgan fingerprint density at radius 2 is 0.800 bits per heavy atom. The average molecular weight is 177 g/mol. The van der Waals surface area contributed by atoms with Gasteiger partial charge in [-0.2, -0.15) is 0 Å². The Morgan fingerprint density at radius 1 is 0.600 bits per heavy atom. The molecule has 0 aromatic heterocycles. The van der Waals surface area contributed by atoms with Crippen LogP contribution in [0.1, 0.15) is 0 Å². The maximum Gasteiger partial charge on any atom is 0.0359 e. The van der Waals surface area contributed by atoms with E-state index in [9.17, 15) is 0 Å². The van der Waals surface area contributed by atoms with E-state index in [1.807, 2.05) is 36.4 Å². The molecule has 0 bridgehead atoms. The average Bonchev–Trinajstić information content (AvgIpc) is 2.08. The lowest BCUT2D eigenvalue weighted by Gasteiger charge is -1.69. The third-order valence-corrected chi connectivity index (χ3v) is 1.31. The molecule has 1 aromatic carbocycles. The van der Waals surface area contributed by atoms with Crippen LogP contribution in [0.25, 0.3) is 0 Å². The van der Waals surface area contributed by atoms with Gasteiger partial charge in [0.2, 0.25) is 0 Å². The van der Waals surface area contributed by atoms with E-state index < -0.39 is 0 Å². The van der Waals surface area contributed by atoms with Gasteiger partial charge < -0.3 is 0 Å². The molecule has 0 atom stereocenters. The Labute approximate surface area is 71.8 Å². The minimum absolute atomic E-state index is 0.557. The zero-order valence-corrected chi connectivity index (χ0v) is 7.15. The van der Waals surface area contributed by atoms with E-state index in [0.29, 0.717) is 11.8 Å². The minimum Gasteiger partial charge on any atom is -0.125 e. The van der Waals surface area contributed by atoms with Crippen LogP contribution in [0, 0.1) is 0 Å². The summed E-state index contributed by atoms with van der Waals surface area (Å²) < 4.78 is 0. The maximum absolute atomic E-state index is 5.05. The standard InChI is InChI=1S/C6H6.C2H4Cl2/c1-2-4-6-5-3-1;3-1-2-4/h1-6H;1-2H2. The van der Waals surface area contributed by atoms with Crippen molar-refractivity contribution < 1.29 is 0 Å². The summed E-state index contributed by atoms with van der Waals surface area (Å²) in [5.74, 6) is 1.11. The predicted molar refractivity (Wildman–Crippen MR) is 47.9 cm³/mol. The first kappa shape index (κ1) is 9.80. The van der Waals surface area contributed by atoms with Crippen molar-refractivity contribution >= 4 is 23.2 Å². The van der Waals surface area contributed by atoms with Gasteiger partial charge in [-0.15, -0.1) is 23.2 Å². The Bertz CT molecular complexity index is 99.2. The van der Waals surface area contributed by atoms with Gasteiger partial charge in [-0.3, -0.25) is 0 Å². The molecule has 0 aliphatic carbocycles. The third-order valence-electron chi connectivity index (χ3n) is 0.738. The van der Waals surface area contributed by atoms with Gasteiger partial charge in [-0.1, -0.05) is 36.4 Å². The van der Waals surface area contributed by atoms with Crippen LogP contribution < -0.4 is 0 Å². The second-order valence-corrected chi connectivity index (χ2v) is 2.29. The summed E-state index contributed by atoms with van der Waals surface area (Å²) in [5, 5.41) is 0. The molecule has 0 amide bonds. The molecule has 10 heavy (non-hydrogen) atoms. The van der Waals surface area contributed by atoms with Crippen molar-refractivity contribution in [1.29, 1.82) is 0 Å². The van der Waals surface area contributed by atoms with Gasteiger partial charge in [-0.05, 0) is 0 Å². The fourth-order valence-electron chi connectivity index (χ4n) is 0.385. The summed E-state index contributed by atoms with van der Waals surface area (Å²) in [6.07, 6.45) is 0. The quantitative estimate of drug-likeness (QED) is 0.578. The van der Waals surface area contributed by atoms with E-state index in [0.717, 1.165) is 0 Å². The number of rotatable bonds is 1. The molecule has 0 fully saturated rings. The summed E-state index contributed by atoms with van der Waals surface area (Å²) in [6.45, 7) is 0. The van der Waals surface area contributed by atoms with E-state index in [1.165, 1.54) is 0 Å². The summed E-state index contributed by atoms with van der Waals surface area (Å²) in [6, 6.07) is 12.0. The van der Waals surface area contributed by atoms with Gasteiger partial charge in [0.15, 0.2) is 0 Å². The first-order valence-corrected chi connectivity index (χ1v) is 4.10. The van der Waals surface area contributed by atoms with E-state index in [-0.39, 0.29) is 0 Å². The van der Waals surface area contributed by atoms with E-state index in [1.54, 1.807) is 0 Å². The Hall–Kier alpha value is -0.200. The number of hydrogen-bond donors (Lipinski definition) is 0. The van der Waals surface area contributed by atoms with Gasteiger partial charge in [-0.25, -0.2) is 0 Å². The maximum atomic E-state index is 5.05. The van der Waals surface area contributed by atoms with Gasteiger partial charge in [0, 0.05) is 11.8 Å². The number of hydrogen-bond acceptors (Lipinski definition) is 0. The number of halogens is 2. The van der Waals surface area contributed by atoms with Crippen molar-refractivity contribution in [3.63, 3.8) is 0 Å². The van der Waals surface area contributed by atoms with Crippen molar-refractivity contribution in [3.8, 4) is 0 Å². The van der Waals surface area contributed by atoms with Crippen molar-refractivity contribution in [3.05, 3.63) is 36.4 Å². The molecule has 0 N–H and O–H groups in total. The SMILES string of the molecule is ClCCCl.c1ccccc1. The van der Waals surface area contributed by atoms with Crippen LogP contribution in [0.4, 0.5) is 0 Å². The predicted octanol–water partition coefficient (Wildman–Crippen LogP) is 3.15. The lowest BCUT2D eigenvalue weighted by atomic mass is 10.4. The third kappa shape index (κ3) is 7.80. The highest BCUT2D eigenvalue weighted by Crippen LogP contribution is 1.79. The second kappa shape index (κ2) is 8.80. The van der Waals surface area contributed by atoms with Crippen LogP contribution in [-0.4, -0.2) is 11.8 Å². The molecule has 1 aromatic rings. The Kier molecular flexibility index (Phi) is 8.62. The molecule has 0 spiro atoms. The zero-order valence-electron chi connectivity index (χ0n) is 5.63. The zero-order chi connectivity index (χ0) is 7.66. The molecular formula is C8H10Cl2. The minimum atomic E-state index is 0.557. The fourth-order valence-corrected chi connectivity index (χ4v) is 0.385. The van der Waals surface area contributed by atoms with Crippen LogP contribution >= 0.6 is 23.2 Å². The van der Waals surface area contributed by atoms with Crippen LogP contribution in [0.5, 0.6) is 0 Å². The largest absolute Gasteiger partial charge is 0.125 e. The number of benzene rings is 1. The van der Waals surface area contributed by atoms with Crippen molar-refractivity contribution in [2.24, 2.45) is 0 Å². The highest BCUT2D eigenvalue weighted by Gasteiger charge is 1.61. The summed E-state index contributed by atoms with van der Waals surface area (Å²) >= 11 is 10.1. The summed E-state index contributed by atoms with van der Waals surface area (Å²) in [4.78, 5) is 0.